The van der Waals surface area contributed by atoms with Crippen molar-refractivity contribution in [2.24, 2.45) is 0 Å². The lowest BCUT2D eigenvalue weighted by atomic mass is 9.77. The van der Waals surface area contributed by atoms with Crippen molar-refractivity contribution in [2.75, 3.05) is 14.2 Å². The van der Waals surface area contributed by atoms with Crippen LogP contribution in [0.25, 0.3) is 11.1 Å². The maximum absolute atomic E-state index is 12.4. The number of hydrogen-bond acceptors (Lipinski definition) is 5. The number of carbonyl (C=O) groups excluding carboxylic acids is 2. The molecule has 2 bridgehead atoms. The molecule has 2 aliphatic heterocycles. The fourth-order valence-corrected chi connectivity index (χ4v) is 3.91. The molecule has 2 aromatic rings. The topological polar surface area (TPSA) is 61.8 Å². The Labute approximate surface area is 151 Å². The molecule has 2 heterocycles. The van der Waals surface area contributed by atoms with Gasteiger partial charge in [0.05, 0.1) is 25.4 Å². The Bertz CT molecular complexity index is 944. The minimum Gasteiger partial charge on any atom is -0.466 e. The molecular formula is C21H18O5. The van der Waals surface area contributed by atoms with Gasteiger partial charge < -0.3 is 14.2 Å². The Morgan fingerprint density at radius 1 is 0.962 bits per heavy atom. The van der Waals surface area contributed by atoms with Crippen LogP contribution in [0.4, 0.5) is 0 Å². The van der Waals surface area contributed by atoms with Gasteiger partial charge in [-0.25, -0.2) is 9.59 Å². The number of hydrogen-bond donors (Lipinski definition) is 0. The standard InChI is InChI=1S/C21H18O5/c1-21-15-10-9-13(12-7-5-4-6-8-12)11-14(15)18(26-21)16(19(22)24-2)17(21)20(23)25-3/h4-11,18H,1-3H3. The molecule has 5 heteroatoms. The van der Waals surface area contributed by atoms with Crippen LogP contribution in [0, 0.1) is 0 Å². The Hall–Kier alpha value is -2.92. The summed E-state index contributed by atoms with van der Waals surface area (Å²) in [5, 5.41) is 0. The Kier molecular flexibility index (Phi) is 3.70. The average Bonchev–Trinajstić information content (AvgIpc) is 3.16. The van der Waals surface area contributed by atoms with Crippen LogP contribution in [-0.4, -0.2) is 26.2 Å². The second kappa shape index (κ2) is 5.81. The molecule has 0 radical (unpaired) electrons. The summed E-state index contributed by atoms with van der Waals surface area (Å²) in [5.41, 5.74) is 3.26. The van der Waals surface area contributed by atoms with Gasteiger partial charge in [-0.2, -0.15) is 0 Å². The summed E-state index contributed by atoms with van der Waals surface area (Å²) >= 11 is 0. The Morgan fingerprint density at radius 3 is 2.31 bits per heavy atom. The van der Waals surface area contributed by atoms with E-state index in [4.69, 9.17) is 14.2 Å². The highest BCUT2D eigenvalue weighted by molar-refractivity contribution is 6.05. The summed E-state index contributed by atoms with van der Waals surface area (Å²) in [6.07, 6.45) is -0.639. The van der Waals surface area contributed by atoms with Crippen LogP contribution in [0.5, 0.6) is 0 Å². The highest BCUT2D eigenvalue weighted by atomic mass is 16.6. The Balaban J connectivity index is 1.89. The highest BCUT2D eigenvalue weighted by Gasteiger charge is 2.58. The number of methoxy groups -OCH3 is 2. The second-order valence-electron chi connectivity index (χ2n) is 6.47. The van der Waals surface area contributed by atoms with Crippen molar-refractivity contribution in [3.8, 4) is 11.1 Å². The third-order valence-corrected chi connectivity index (χ3v) is 5.11. The van der Waals surface area contributed by atoms with Crippen LogP contribution in [0.15, 0.2) is 59.7 Å². The monoisotopic (exact) mass is 350 g/mol. The third kappa shape index (κ3) is 2.14. The zero-order valence-corrected chi connectivity index (χ0v) is 14.7. The minimum atomic E-state index is -1.02. The molecule has 0 aromatic heterocycles. The number of ether oxygens (including phenoxy) is 3. The van der Waals surface area contributed by atoms with E-state index in [9.17, 15) is 9.59 Å². The van der Waals surface area contributed by atoms with Gasteiger partial charge in [-0.3, -0.25) is 0 Å². The first-order chi connectivity index (χ1) is 12.5. The van der Waals surface area contributed by atoms with E-state index < -0.39 is 23.6 Å². The SMILES string of the molecule is COC(=O)C1=C(C(=O)OC)C2(C)OC1c1cc(-c3ccccc3)ccc12. The number of fused-ring (bicyclic) bond motifs is 5. The maximum Gasteiger partial charge on any atom is 0.337 e. The van der Waals surface area contributed by atoms with Gasteiger partial charge in [-0.05, 0) is 35.2 Å². The van der Waals surface area contributed by atoms with Crippen molar-refractivity contribution in [2.45, 2.75) is 18.6 Å². The first kappa shape index (κ1) is 16.5. The largest absolute Gasteiger partial charge is 0.466 e. The van der Waals surface area contributed by atoms with Crippen LogP contribution in [0.1, 0.15) is 24.2 Å². The van der Waals surface area contributed by atoms with Gasteiger partial charge in [-0.1, -0.05) is 42.5 Å². The molecule has 5 nitrogen and oxygen atoms in total. The summed E-state index contributed by atoms with van der Waals surface area (Å²) < 4.78 is 15.9. The minimum absolute atomic E-state index is 0.219. The van der Waals surface area contributed by atoms with E-state index in [1.807, 2.05) is 48.5 Å². The molecule has 2 atom stereocenters. The molecule has 0 aliphatic carbocycles. The molecular weight excluding hydrogens is 332 g/mol. The first-order valence-electron chi connectivity index (χ1n) is 8.30. The molecule has 0 spiro atoms. The van der Waals surface area contributed by atoms with Crippen molar-refractivity contribution in [1.29, 1.82) is 0 Å². The van der Waals surface area contributed by atoms with Crippen LogP contribution in [0.3, 0.4) is 0 Å². The van der Waals surface area contributed by atoms with E-state index in [2.05, 4.69) is 0 Å². The number of esters is 2. The molecule has 0 saturated carbocycles. The normalized spacial score (nSPS) is 23.0. The van der Waals surface area contributed by atoms with Crippen LogP contribution in [0.2, 0.25) is 0 Å². The summed E-state index contributed by atoms with van der Waals surface area (Å²) in [6.45, 7) is 1.79. The summed E-state index contributed by atoms with van der Waals surface area (Å²) in [5.74, 6) is -1.15. The predicted molar refractivity (Wildman–Crippen MR) is 94.1 cm³/mol. The smallest absolute Gasteiger partial charge is 0.337 e. The number of carbonyl (C=O) groups is 2. The first-order valence-corrected chi connectivity index (χ1v) is 8.30. The Morgan fingerprint density at radius 2 is 1.65 bits per heavy atom. The molecule has 2 unspecified atom stereocenters. The fraction of sp³-hybridized carbons (Fsp3) is 0.238. The average molecular weight is 350 g/mol. The summed E-state index contributed by atoms with van der Waals surface area (Å²) in [7, 11) is 2.58. The zero-order valence-electron chi connectivity index (χ0n) is 14.7. The molecule has 132 valence electrons. The van der Waals surface area contributed by atoms with Crippen molar-refractivity contribution in [1.82, 2.24) is 0 Å². The summed E-state index contributed by atoms with van der Waals surface area (Å²) in [4.78, 5) is 24.7. The van der Waals surface area contributed by atoms with Crippen LogP contribution in [-0.2, 0) is 29.4 Å². The van der Waals surface area contributed by atoms with Crippen LogP contribution >= 0.6 is 0 Å². The van der Waals surface area contributed by atoms with E-state index in [1.165, 1.54) is 14.2 Å². The van der Waals surface area contributed by atoms with Gasteiger partial charge in [-0.15, -0.1) is 0 Å². The third-order valence-electron chi connectivity index (χ3n) is 5.11. The molecule has 0 saturated heterocycles. The molecule has 2 aromatic carbocycles. The van der Waals surface area contributed by atoms with E-state index in [-0.39, 0.29) is 11.1 Å². The van der Waals surface area contributed by atoms with Crippen molar-refractivity contribution < 1.29 is 23.8 Å². The van der Waals surface area contributed by atoms with Crippen molar-refractivity contribution >= 4 is 11.9 Å². The van der Waals surface area contributed by atoms with Gasteiger partial charge in [0.25, 0.3) is 0 Å². The van der Waals surface area contributed by atoms with Gasteiger partial charge in [0.1, 0.15) is 11.7 Å². The van der Waals surface area contributed by atoms with E-state index in [0.717, 1.165) is 22.3 Å². The molecule has 4 rings (SSSR count). The van der Waals surface area contributed by atoms with Crippen LogP contribution < -0.4 is 0 Å². The number of rotatable bonds is 3. The fourth-order valence-electron chi connectivity index (χ4n) is 3.91. The van der Waals surface area contributed by atoms with E-state index >= 15 is 0 Å². The van der Waals surface area contributed by atoms with Gasteiger partial charge in [0.15, 0.2) is 0 Å². The zero-order chi connectivity index (χ0) is 18.5. The van der Waals surface area contributed by atoms with E-state index in [1.54, 1.807) is 6.92 Å². The quantitative estimate of drug-likeness (QED) is 0.795. The van der Waals surface area contributed by atoms with Gasteiger partial charge >= 0.3 is 11.9 Å². The van der Waals surface area contributed by atoms with Crippen molar-refractivity contribution in [3.05, 3.63) is 70.8 Å². The molecule has 0 N–H and O–H groups in total. The molecule has 26 heavy (non-hydrogen) atoms. The lowest BCUT2D eigenvalue weighted by Crippen LogP contribution is -2.29. The van der Waals surface area contributed by atoms with Gasteiger partial charge in [0.2, 0.25) is 0 Å². The molecule has 2 aliphatic rings. The highest BCUT2D eigenvalue weighted by Crippen LogP contribution is 2.58. The maximum atomic E-state index is 12.4. The molecule has 0 amide bonds. The predicted octanol–water partition coefficient (Wildman–Crippen LogP) is 3.30. The van der Waals surface area contributed by atoms with Crippen molar-refractivity contribution in [3.63, 3.8) is 0 Å². The van der Waals surface area contributed by atoms with E-state index in [0.29, 0.717) is 0 Å². The summed E-state index contributed by atoms with van der Waals surface area (Å²) in [6, 6.07) is 15.9. The second-order valence-corrected chi connectivity index (χ2v) is 6.47. The lowest BCUT2D eigenvalue weighted by Gasteiger charge is -2.25. The molecule has 0 fully saturated rings. The lowest BCUT2D eigenvalue weighted by molar-refractivity contribution is -0.139. The van der Waals surface area contributed by atoms with Gasteiger partial charge in [0, 0.05) is 0 Å². The number of benzene rings is 2.